The third-order valence-electron chi connectivity index (χ3n) is 5.25. The minimum absolute atomic E-state index is 0.462. The van der Waals surface area contributed by atoms with Crippen molar-refractivity contribution in [2.75, 3.05) is 31.6 Å². The average molecular weight is 409 g/mol. The van der Waals surface area contributed by atoms with Crippen LogP contribution in [0.4, 0.5) is 11.1 Å². The molecule has 0 spiro atoms. The SMILES string of the molecule is CC(C)c1ccc2oc(Nc3nc4ccc(CN5CCOCC5)cc4s3)nc2c1. The predicted molar refractivity (Wildman–Crippen MR) is 117 cm³/mol. The monoisotopic (exact) mass is 408 g/mol. The van der Waals surface area contributed by atoms with E-state index < -0.39 is 0 Å². The molecule has 29 heavy (non-hydrogen) atoms. The van der Waals surface area contributed by atoms with E-state index in [1.54, 1.807) is 11.3 Å². The van der Waals surface area contributed by atoms with Crippen LogP contribution < -0.4 is 5.32 Å². The minimum Gasteiger partial charge on any atom is -0.423 e. The van der Waals surface area contributed by atoms with E-state index in [0.717, 1.165) is 59.3 Å². The molecule has 150 valence electrons. The van der Waals surface area contributed by atoms with Crippen molar-refractivity contribution in [1.82, 2.24) is 14.9 Å². The molecule has 5 rings (SSSR count). The summed E-state index contributed by atoms with van der Waals surface area (Å²) in [4.78, 5) is 11.7. The van der Waals surface area contributed by atoms with Crippen molar-refractivity contribution in [2.24, 2.45) is 0 Å². The Bertz CT molecular complexity index is 1140. The second-order valence-electron chi connectivity index (χ2n) is 7.74. The first kappa shape index (κ1) is 18.5. The van der Waals surface area contributed by atoms with Crippen molar-refractivity contribution in [3.8, 4) is 0 Å². The van der Waals surface area contributed by atoms with E-state index in [4.69, 9.17) is 9.15 Å². The number of hydrogen-bond acceptors (Lipinski definition) is 7. The fourth-order valence-electron chi connectivity index (χ4n) is 3.59. The van der Waals surface area contributed by atoms with Crippen LogP contribution in [0.5, 0.6) is 0 Å². The molecule has 1 aliphatic rings. The highest BCUT2D eigenvalue weighted by molar-refractivity contribution is 7.22. The van der Waals surface area contributed by atoms with Gasteiger partial charge in [-0.15, -0.1) is 0 Å². The number of thiazole rings is 1. The fourth-order valence-corrected chi connectivity index (χ4v) is 4.51. The van der Waals surface area contributed by atoms with Gasteiger partial charge in [-0.25, -0.2) is 4.98 Å². The zero-order chi connectivity index (χ0) is 19.8. The number of rotatable bonds is 5. The molecule has 3 heterocycles. The summed E-state index contributed by atoms with van der Waals surface area (Å²) in [5.74, 6) is 0.462. The van der Waals surface area contributed by atoms with Crippen molar-refractivity contribution >= 4 is 43.8 Å². The highest BCUT2D eigenvalue weighted by Gasteiger charge is 2.13. The smallest absolute Gasteiger partial charge is 0.302 e. The zero-order valence-corrected chi connectivity index (χ0v) is 17.5. The van der Waals surface area contributed by atoms with Crippen molar-refractivity contribution in [2.45, 2.75) is 26.3 Å². The summed E-state index contributed by atoms with van der Waals surface area (Å²) in [6.45, 7) is 8.92. The zero-order valence-electron chi connectivity index (χ0n) is 16.6. The van der Waals surface area contributed by atoms with Crippen LogP contribution in [-0.4, -0.2) is 41.2 Å². The predicted octanol–water partition coefficient (Wildman–Crippen LogP) is 5.14. The molecule has 2 aromatic carbocycles. The lowest BCUT2D eigenvalue weighted by atomic mass is 10.0. The number of fused-ring (bicyclic) bond motifs is 2. The molecule has 0 amide bonds. The lowest BCUT2D eigenvalue weighted by Crippen LogP contribution is -2.35. The highest BCUT2D eigenvalue weighted by atomic mass is 32.1. The van der Waals surface area contributed by atoms with Crippen LogP contribution in [0.1, 0.15) is 30.9 Å². The summed E-state index contributed by atoms with van der Waals surface area (Å²) in [7, 11) is 0. The molecule has 0 aliphatic carbocycles. The van der Waals surface area contributed by atoms with Gasteiger partial charge in [0, 0.05) is 19.6 Å². The lowest BCUT2D eigenvalue weighted by Gasteiger charge is -2.26. The van der Waals surface area contributed by atoms with Crippen LogP contribution in [0.3, 0.4) is 0 Å². The Labute approximate surface area is 173 Å². The summed E-state index contributed by atoms with van der Waals surface area (Å²) < 4.78 is 12.5. The Hall–Kier alpha value is -2.48. The number of morpholine rings is 1. The number of hydrogen-bond donors (Lipinski definition) is 1. The topological polar surface area (TPSA) is 63.4 Å². The first-order valence-corrected chi connectivity index (χ1v) is 10.8. The van der Waals surface area contributed by atoms with Crippen molar-refractivity contribution < 1.29 is 9.15 Å². The fraction of sp³-hybridized carbons (Fsp3) is 0.364. The lowest BCUT2D eigenvalue weighted by molar-refractivity contribution is 0.0342. The van der Waals surface area contributed by atoms with E-state index in [1.807, 2.05) is 6.07 Å². The number of ether oxygens (including phenoxy) is 1. The van der Waals surface area contributed by atoms with Gasteiger partial charge < -0.3 is 9.15 Å². The molecule has 1 N–H and O–H groups in total. The van der Waals surface area contributed by atoms with Crippen molar-refractivity contribution in [1.29, 1.82) is 0 Å². The number of aromatic nitrogens is 2. The molecule has 0 atom stereocenters. The van der Waals surface area contributed by atoms with Gasteiger partial charge in [-0.3, -0.25) is 10.2 Å². The van der Waals surface area contributed by atoms with Crippen LogP contribution in [0, 0.1) is 0 Å². The van der Waals surface area contributed by atoms with Crippen LogP contribution in [0.15, 0.2) is 40.8 Å². The first-order valence-electron chi connectivity index (χ1n) is 10.0. The third kappa shape index (κ3) is 3.99. The molecule has 7 heteroatoms. The highest BCUT2D eigenvalue weighted by Crippen LogP contribution is 2.31. The molecule has 2 aromatic heterocycles. The summed E-state index contributed by atoms with van der Waals surface area (Å²) in [6.07, 6.45) is 0. The second kappa shape index (κ2) is 7.74. The molecule has 1 saturated heterocycles. The van der Waals surface area contributed by atoms with E-state index in [2.05, 4.69) is 64.4 Å². The molecule has 4 aromatic rings. The molecular weight excluding hydrogens is 384 g/mol. The quantitative estimate of drug-likeness (QED) is 0.493. The second-order valence-corrected chi connectivity index (χ2v) is 8.77. The number of oxazole rings is 1. The third-order valence-corrected chi connectivity index (χ3v) is 6.19. The van der Waals surface area contributed by atoms with Crippen molar-refractivity contribution in [3.05, 3.63) is 47.5 Å². The standard InChI is InChI=1S/C22H24N4O2S/c1-14(2)16-4-6-19-18(12-16)23-21(28-19)25-22-24-17-5-3-15(11-20(17)29-22)13-26-7-9-27-10-8-26/h3-6,11-12,14H,7-10,13H2,1-2H3,(H,23,24,25). The Morgan fingerprint density at radius 2 is 1.93 bits per heavy atom. The van der Waals surface area contributed by atoms with Gasteiger partial charge >= 0.3 is 6.01 Å². The van der Waals surface area contributed by atoms with Crippen LogP contribution in [0.2, 0.25) is 0 Å². The molecule has 1 aliphatic heterocycles. The van der Waals surface area contributed by atoms with Gasteiger partial charge in [0.15, 0.2) is 10.7 Å². The Balaban J connectivity index is 1.35. The number of nitrogens with one attached hydrogen (secondary N) is 1. The summed E-state index contributed by atoms with van der Waals surface area (Å²) in [5.41, 5.74) is 5.20. The first-order chi connectivity index (χ1) is 14.1. The maximum absolute atomic E-state index is 5.85. The molecule has 0 saturated carbocycles. The summed E-state index contributed by atoms with van der Waals surface area (Å²) in [6, 6.07) is 13.1. The molecule has 6 nitrogen and oxygen atoms in total. The Kier molecular flexibility index (Phi) is 4.95. The summed E-state index contributed by atoms with van der Waals surface area (Å²) >= 11 is 1.62. The number of nitrogens with zero attached hydrogens (tertiary/aromatic N) is 3. The van der Waals surface area contributed by atoms with E-state index in [1.165, 1.54) is 11.1 Å². The Morgan fingerprint density at radius 1 is 1.07 bits per heavy atom. The largest absolute Gasteiger partial charge is 0.423 e. The van der Waals surface area contributed by atoms with E-state index >= 15 is 0 Å². The van der Waals surface area contributed by atoms with Crippen molar-refractivity contribution in [3.63, 3.8) is 0 Å². The molecule has 1 fully saturated rings. The molecule has 0 bridgehead atoms. The van der Waals surface area contributed by atoms with Crippen LogP contribution in [0.25, 0.3) is 21.3 Å². The van der Waals surface area contributed by atoms with Gasteiger partial charge in [-0.2, -0.15) is 4.98 Å². The molecule has 0 radical (unpaired) electrons. The van der Waals surface area contributed by atoms with Gasteiger partial charge in [0.05, 0.1) is 23.4 Å². The maximum atomic E-state index is 5.85. The van der Waals surface area contributed by atoms with E-state index in [0.29, 0.717) is 11.9 Å². The van der Waals surface area contributed by atoms with Crippen LogP contribution >= 0.6 is 11.3 Å². The molecular formula is C22H24N4O2S. The van der Waals surface area contributed by atoms with Gasteiger partial charge in [0.2, 0.25) is 0 Å². The van der Waals surface area contributed by atoms with E-state index in [-0.39, 0.29) is 0 Å². The van der Waals surface area contributed by atoms with Gasteiger partial charge in [-0.05, 0) is 41.3 Å². The normalized spacial score (nSPS) is 15.6. The minimum atomic E-state index is 0.462. The van der Waals surface area contributed by atoms with E-state index in [9.17, 15) is 0 Å². The van der Waals surface area contributed by atoms with Gasteiger partial charge in [-0.1, -0.05) is 37.3 Å². The molecule has 0 unspecified atom stereocenters. The summed E-state index contributed by atoms with van der Waals surface area (Å²) in [5, 5.41) is 4.03. The maximum Gasteiger partial charge on any atom is 0.302 e. The number of anilines is 2. The average Bonchev–Trinajstić information content (AvgIpc) is 3.30. The van der Waals surface area contributed by atoms with Crippen LogP contribution in [-0.2, 0) is 11.3 Å². The van der Waals surface area contributed by atoms with Gasteiger partial charge in [0.25, 0.3) is 0 Å². The number of benzene rings is 2. The Morgan fingerprint density at radius 3 is 2.76 bits per heavy atom. The van der Waals surface area contributed by atoms with Gasteiger partial charge in [0.1, 0.15) is 5.52 Å².